The van der Waals surface area contributed by atoms with Gasteiger partial charge in [-0.2, -0.15) is 0 Å². The molecular formula is C12H16O3. The SMILES string of the molecule is C[C@@H](O)[C@@H]1O[C@H]1COCc1ccccc1. The second-order valence-corrected chi connectivity index (χ2v) is 3.88. The highest BCUT2D eigenvalue weighted by atomic mass is 16.6. The van der Waals surface area contributed by atoms with Crippen molar-refractivity contribution in [1.82, 2.24) is 0 Å². The number of benzene rings is 1. The largest absolute Gasteiger partial charge is 0.391 e. The molecule has 1 N–H and O–H groups in total. The lowest BCUT2D eigenvalue weighted by molar-refractivity contribution is 0.104. The van der Waals surface area contributed by atoms with E-state index < -0.39 is 6.10 Å². The molecule has 1 aromatic carbocycles. The zero-order valence-corrected chi connectivity index (χ0v) is 8.80. The maximum Gasteiger partial charge on any atom is 0.112 e. The summed E-state index contributed by atoms with van der Waals surface area (Å²) in [6, 6.07) is 10.0. The zero-order valence-electron chi connectivity index (χ0n) is 8.80. The molecule has 2 rings (SSSR count). The van der Waals surface area contributed by atoms with Crippen molar-refractivity contribution < 1.29 is 14.6 Å². The summed E-state index contributed by atoms with van der Waals surface area (Å²) in [4.78, 5) is 0. The van der Waals surface area contributed by atoms with Gasteiger partial charge in [-0.25, -0.2) is 0 Å². The van der Waals surface area contributed by atoms with Crippen LogP contribution in [0.1, 0.15) is 12.5 Å². The summed E-state index contributed by atoms with van der Waals surface area (Å²) in [7, 11) is 0. The molecule has 0 amide bonds. The standard InChI is InChI=1S/C12H16O3/c1-9(13)12-11(15-12)8-14-7-10-5-3-2-4-6-10/h2-6,9,11-13H,7-8H2,1H3/t9-,11+,12+/m1/s1. The highest BCUT2D eigenvalue weighted by molar-refractivity contribution is 5.13. The summed E-state index contributed by atoms with van der Waals surface area (Å²) >= 11 is 0. The Morgan fingerprint density at radius 3 is 2.73 bits per heavy atom. The molecule has 1 aromatic rings. The monoisotopic (exact) mass is 208 g/mol. The quantitative estimate of drug-likeness (QED) is 0.743. The minimum atomic E-state index is -0.393. The molecule has 0 bridgehead atoms. The normalized spacial score (nSPS) is 26.3. The predicted molar refractivity (Wildman–Crippen MR) is 56.4 cm³/mol. The van der Waals surface area contributed by atoms with Gasteiger partial charge in [0, 0.05) is 0 Å². The topological polar surface area (TPSA) is 42.0 Å². The van der Waals surface area contributed by atoms with Gasteiger partial charge in [0.05, 0.1) is 19.3 Å². The fourth-order valence-corrected chi connectivity index (χ4v) is 1.58. The van der Waals surface area contributed by atoms with E-state index in [9.17, 15) is 5.11 Å². The third kappa shape index (κ3) is 3.02. The van der Waals surface area contributed by atoms with Crippen LogP contribution in [0.5, 0.6) is 0 Å². The van der Waals surface area contributed by atoms with Gasteiger partial charge in [0.25, 0.3) is 0 Å². The molecule has 3 atom stereocenters. The molecule has 3 heteroatoms. The predicted octanol–water partition coefficient (Wildman–Crippen LogP) is 1.35. The van der Waals surface area contributed by atoms with Crippen LogP contribution < -0.4 is 0 Å². The molecule has 0 radical (unpaired) electrons. The van der Waals surface area contributed by atoms with E-state index in [0.717, 1.165) is 5.56 Å². The molecule has 0 saturated carbocycles. The van der Waals surface area contributed by atoms with Crippen molar-refractivity contribution in [2.75, 3.05) is 6.61 Å². The summed E-state index contributed by atoms with van der Waals surface area (Å²) in [6.45, 7) is 2.90. The molecule has 0 aliphatic carbocycles. The van der Waals surface area contributed by atoms with Gasteiger partial charge >= 0.3 is 0 Å². The summed E-state index contributed by atoms with van der Waals surface area (Å²) in [5.41, 5.74) is 1.16. The van der Waals surface area contributed by atoms with Crippen LogP contribution in [-0.4, -0.2) is 30.0 Å². The second-order valence-electron chi connectivity index (χ2n) is 3.88. The Kier molecular flexibility index (Phi) is 3.36. The van der Waals surface area contributed by atoms with Crippen molar-refractivity contribution >= 4 is 0 Å². The molecule has 0 unspecified atom stereocenters. The fourth-order valence-electron chi connectivity index (χ4n) is 1.58. The van der Waals surface area contributed by atoms with E-state index in [-0.39, 0.29) is 12.2 Å². The van der Waals surface area contributed by atoms with Crippen LogP contribution in [0.15, 0.2) is 30.3 Å². The molecular weight excluding hydrogens is 192 g/mol. The molecule has 1 aliphatic heterocycles. The smallest absolute Gasteiger partial charge is 0.112 e. The van der Waals surface area contributed by atoms with E-state index >= 15 is 0 Å². The first-order chi connectivity index (χ1) is 7.27. The molecule has 0 spiro atoms. The molecule has 1 aliphatic rings. The van der Waals surface area contributed by atoms with Crippen LogP contribution in [-0.2, 0) is 16.1 Å². The second kappa shape index (κ2) is 4.75. The summed E-state index contributed by atoms with van der Waals surface area (Å²) in [6.07, 6.45) is -0.343. The van der Waals surface area contributed by atoms with E-state index in [1.807, 2.05) is 30.3 Å². The molecule has 0 aromatic heterocycles. The number of epoxide rings is 1. The van der Waals surface area contributed by atoms with E-state index in [2.05, 4.69) is 0 Å². The van der Waals surface area contributed by atoms with Crippen molar-refractivity contribution in [3.8, 4) is 0 Å². The summed E-state index contributed by atoms with van der Waals surface area (Å²) < 4.78 is 10.7. The third-order valence-corrected chi connectivity index (χ3v) is 2.49. The number of hydrogen-bond acceptors (Lipinski definition) is 3. The third-order valence-electron chi connectivity index (χ3n) is 2.49. The minimum absolute atomic E-state index is 0.0271. The lowest BCUT2D eigenvalue weighted by Crippen LogP contribution is -2.14. The van der Waals surface area contributed by atoms with Gasteiger partial charge in [0.1, 0.15) is 12.2 Å². The Morgan fingerprint density at radius 1 is 1.40 bits per heavy atom. The van der Waals surface area contributed by atoms with Crippen LogP contribution in [0.25, 0.3) is 0 Å². The van der Waals surface area contributed by atoms with Gasteiger partial charge in [-0.15, -0.1) is 0 Å². The first-order valence-corrected chi connectivity index (χ1v) is 5.22. The van der Waals surface area contributed by atoms with Gasteiger partial charge < -0.3 is 14.6 Å². The number of aliphatic hydroxyl groups excluding tert-OH is 1. The molecule has 82 valence electrons. The first-order valence-electron chi connectivity index (χ1n) is 5.22. The van der Waals surface area contributed by atoms with Crippen molar-refractivity contribution in [2.45, 2.75) is 31.8 Å². The van der Waals surface area contributed by atoms with Gasteiger partial charge in [0.2, 0.25) is 0 Å². The first kappa shape index (κ1) is 10.6. The highest BCUT2D eigenvalue weighted by Gasteiger charge is 2.42. The van der Waals surface area contributed by atoms with Crippen molar-refractivity contribution in [2.24, 2.45) is 0 Å². The molecule has 1 saturated heterocycles. The van der Waals surface area contributed by atoms with Crippen molar-refractivity contribution in [3.05, 3.63) is 35.9 Å². The van der Waals surface area contributed by atoms with Crippen LogP contribution in [0.2, 0.25) is 0 Å². The average molecular weight is 208 g/mol. The Balaban J connectivity index is 1.65. The van der Waals surface area contributed by atoms with Crippen LogP contribution in [0.4, 0.5) is 0 Å². The lowest BCUT2D eigenvalue weighted by atomic mass is 10.2. The van der Waals surface area contributed by atoms with E-state index in [1.165, 1.54) is 0 Å². The lowest BCUT2D eigenvalue weighted by Gasteiger charge is -2.02. The molecule has 1 heterocycles. The van der Waals surface area contributed by atoms with Crippen molar-refractivity contribution in [1.29, 1.82) is 0 Å². The Bertz CT molecular complexity index is 297. The maximum absolute atomic E-state index is 9.20. The highest BCUT2D eigenvalue weighted by Crippen LogP contribution is 2.25. The van der Waals surface area contributed by atoms with Crippen LogP contribution in [0.3, 0.4) is 0 Å². The van der Waals surface area contributed by atoms with Crippen LogP contribution in [0, 0.1) is 0 Å². The van der Waals surface area contributed by atoms with E-state index in [1.54, 1.807) is 6.92 Å². The van der Waals surface area contributed by atoms with Crippen molar-refractivity contribution in [3.63, 3.8) is 0 Å². The Morgan fingerprint density at radius 2 is 2.13 bits per heavy atom. The zero-order chi connectivity index (χ0) is 10.7. The molecule has 1 fully saturated rings. The Hall–Kier alpha value is -0.900. The molecule has 15 heavy (non-hydrogen) atoms. The van der Waals surface area contributed by atoms with Gasteiger partial charge in [-0.05, 0) is 12.5 Å². The maximum atomic E-state index is 9.20. The number of ether oxygens (including phenoxy) is 2. The fraction of sp³-hybridized carbons (Fsp3) is 0.500. The van der Waals surface area contributed by atoms with Crippen LogP contribution >= 0.6 is 0 Å². The minimum Gasteiger partial charge on any atom is -0.391 e. The van der Waals surface area contributed by atoms with Gasteiger partial charge in [0.15, 0.2) is 0 Å². The molecule has 3 nitrogen and oxygen atoms in total. The van der Waals surface area contributed by atoms with Gasteiger partial charge in [-0.3, -0.25) is 0 Å². The number of rotatable bonds is 5. The number of aliphatic hydroxyl groups is 1. The summed E-state index contributed by atoms with van der Waals surface area (Å²) in [5.74, 6) is 0. The van der Waals surface area contributed by atoms with Gasteiger partial charge in [-0.1, -0.05) is 30.3 Å². The van der Waals surface area contributed by atoms with E-state index in [4.69, 9.17) is 9.47 Å². The average Bonchev–Trinajstić information content (AvgIpc) is 2.99. The van der Waals surface area contributed by atoms with E-state index in [0.29, 0.717) is 13.2 Å². The Labute approximate surface area is 89.6 Å². The summed E-state index contributed by atoms with van der Waals surface area (Å²) in [5, 5.41) is 9.20. The number of hydrogen-bond donors (Lipinski definition) is 1.